The summed E-state index contributed by atoms with van der Waals surface area (Å²) in [7, 11) is 0. The van der Waals surface area contributed by atoms with Crippen LogP contribution in [0, 0.1) is 5.92 Å². The van der Waals surface area contributed by atoms with Crippen LogP contribution in [0.5, 0.6) is 0 Å². The van der Waals surface area contributed by atoms with E-state index in [1.165, 1.54) is 0 Å². The molecule has 0 saturated heterocycles. The Morgan fingerprint density at radius 1 is 1.00 bits per heavy atom. The quantitative estimate of drug-likeness (QED) is 0.366. The Labute approximate surface area is 149 Å². The number of rotatable bonds is 15. The Morgan fingerprint density at radius 3 is 2.20 bits per heavy atom. The summed E-state index contributed by atoms with van der Waals surface area (Å²) < 4.78 is 10.5. The van der Waals surface area contributed by atoms with E-state index in [1.54, 1.807) is 0 Å². The number of aliphatic carboxylic acids is 1. The Balaban J connectivity index is 3.64. The molecule has 0 aromatic heterocycles. The molecule has 1 amide bonds. The van der Waals surface area contributed by atoms with Gasteiger partial charge in [0.05, 0.1) is 19.8 Å². The van der Waals surface area contributed by atoms with E-state index < -0.39 is 12.0 Å². The number of ether oxygens (including phenoxy) is 2. The SMILES string of the molecule is CC(C)N[C@@H](CCC(=O)NCCOCCOCC(=O)C(C)C)C(=O)O. The van der Waals surface area contributed by atoms with E-state index >= 15 is 0 Å². The van der Waals surface area contributed by atoms with Crippen molar-refractivity contribution in [3.63, 3.8) is 0 Å². The van der Waals surface area contributed by atoms with Crippen LogP contribution in [0.2, 0.25) is 0 Å². The van der Waals surface area contributed by atoms with Gasteiger partial charge in [-0.3, -0.25) is 14.4 Å². The summed E-state index contributed by atoms with van der Waals surface area (Å²) in [6.45, 7) is 8.80. The van der Waals surface area contributed by atoms with Gasteiger partial charge in [-0.15, -0.1) is 0 Å². The van der Waals surface area contributed by atoms with Gasteiger partial charge in [-0.25, -0.2) is 0 Å². The van der Waals surface area contributed by atoms with E-state index in [1.807, 2.05) is 27.7 Å². The summed E-state index contributed by atoms with van der Waals surface area (Å²) in [5.74, 6) is -1.15. The normalized spacial score (nSPS) is 12.4. The Kier molecular flexibility index (Phi) is 12.9. The van der Waals surface area contributed by atoms with Crippen LogP contribution in [-0.2, 0) is 23.9 Å². The zero-order valence-electron chi connectivity index (χ0n) is 15.7. The van der Waals surface area contributed by atoms with Crippen molar-refractivity contribution in [2.45, 2.75) is 52.6 Å². The topological polar surface area (TPSA) is 114 Å². The average Bonchev–Trinajstić information content (AvgIpc) is 2.52. The summed E-state index contributed by atoms with van der Waals surface area (Å²) in [5.41, 5.74) is 0. The monoisotopic (exact) mass is 360 g/mol. The van der Waals surface area contributed by atoms with Gasteiger partial charge in [0.25, 0.3) is 0 Å². The number of carbonyl (C=O) groups excluding carboxylic acids is 2. The van der Waals surface area contributed by atoms with Crippen LogP contribution in [0.1, 0.15) is 40.5 Å². The maximum absolute atomic E-state index is 11.7. The van der Waals surface area contributed by atoms with Crippen LogP contribution >= 0.6 is 0 Å². The number of Topliss-reactive ketones (excluding diaryl/α,β-unsaturated/α-hetero) is 1. The Hall–Kier alpha value is -1.51. The van der Waals surface area contributed by atoms with E-state index in [-0.39, 0.29) is 43.1 Å². The lowest BCUT2D eigenvalue weighted by Crippen LogP contribution is -2.41. The minimum absolute atomic E-state index is 0.0346. The highest BCUT2D eigenvalue weighted by Gasteiger charge is 2.19. The van der Waals surface area contributed by atoms with Crippen molar-refractivity contribution in [3.05, 3.63) is 0 Å². The number of nitrogens with one attached hydrogen (secondary N) is 2. The number of carboxylic acid groups (broad SMARTS) is 1. The van der Waals surface area contributed by atoms with Crippen LogP contribution in [0.25, 0.3) is 0 Å². The maximum atomic E-state index is 11.7. The molecular formula is C17H32N2O6. The van der Waals surface area contributed by atoms with Crippen LogP contribution in [-0.4, -0.2) is 67.8 Å². The zero-order valence-corrected chi connectivity index (χ0v) is 15.7. The fraction of sp³-hybridized carbons (Fsp3) is 0.824. The summed E-state index contributed by atoms with van der Waals surface area (Å²) in [5, 5.41) is 14.6. The number of hydrogen-bond donors (Lipinski definition) is 3. The zero-order chi connectivity index (χ0) is 19.2. The number of carboxylic acids is 1. The molecule has 0 aliphatic heterocycles. The summed E-state index contributed by atoms with van der Waals surface area (Å²) in [6, 6.07) is -0.691. The van der Waals surface area contributed by atoms with Crippen molar-refractivity contribution in [1.29, 1.82) is 0 Å². The van der Waals surface area contributed by atoms with Gasteiger partial charge in [-0.2, -0.15) is 0 Å². The molecule has 0 rings (SSSR count). The molecule has 0 radical (unpaired) electrons. The van der Waals surface area contributed by atoms with Crippen molar-refractivity contribution in [2.75, 3.05) is 33.0 Å². The van der Waals surface area contributed by atoms with Gasteiger partial charge in [0.1, 0.15) is 12.6 Å². The second-order valence-electron chi connectivity index (χ2n) is 6.39. The molecule has 146 valence electrons. The second-order valence-corrected chi connectivity index (χ2v) is 6.39. The minimum Gasteiger partial charge on any atom is -0.480 e. The highest BCUT2D eigenvalue weighted by atomic mass is 16.5. The molecule has 0 unspecified atom stereocenters. The molecule has 8 heteroatoms. The largest absolute Gasteiger partial charge is 0.480 e. The number of ketones is 1. The smallest absolute Gasteiger partial charge is 0.320 e. The highest BCUT2D eigenvalue weighted by molar-refractivity contribution is 5.81. The van der Waals surface area contributed by atoms with Crippen LogP contribution in [0.3, 0.4) is 0 Å². The molecule has 0 fully saturated rings. The van der Waals surface area contributed by atoms with E-state index in [4.69, 9.17) is 14.6 Å². The van der Waals surface area contributed by atoms with Crippen molar-refractivity contribution in [1.82, 2.24) is 10.6 Å². The maximum Gasteiger partial charge on any atom is 0.320 e. The van der Waals surface area contributed by atoms with Crippen LogP contribution < -0.4 is 10.6 Å². The predicted molar refractivity (Wildman–Crippen MR) is 93.4 cm³/mol. The minimum atomic E-state index is -0.958. The molecular weight excluding hydrogens is 328 g/mol. The predicted octanol–water partition coefficient (Wildman–Crippen LogP) is 0.592. The standard InChI is InChI=1S/C17H32N2O6/c1-12(2)15(20)11-25-10-9-24-8-7-18-16(21)6-5-14(17(22)23)19-13(3)4/h12-14,19H,5-11H2,1-4H3,(H,18,21)(H,22,23)/t14-/m0/s1. The van der Waals surface area contributed by atoms with Crippen molar-refractivity contribution in [2.24, 2.45) is 5.92 Å². The van der Waals surface area contributed by atoms with E-state index in [0.29, 0.717) is 26.4 Å². The first-order valence-electron chi connectivity index (χ1n) is 8.67. The molecule has 0 bridgehead atoms. The van der Waals surface area contributed by atoms with Gasteiger partial charge >= 0.3 is 5.97 Å². The van der Waals surface area contributed by atoms with Crippen LogP contribution in [0.15, 0.2) is 0 Å². The summed E-state index contributed by atoms with van der Waals surface area (Å²) in [6.07, 6.45) is 0.370. The molecule has 8 nitrogen and oxygen atoms in total. The fourth-order valence-corrected chi connectivity index (χ4v) is 1.87. The van der Waals surface area contributed by atoms with Gasteiger partial charge in [0.15, 0.2) is 5.78 Å². The molecule has 0 spiro atoms. The van der Waals surface area contributed by atoms with E-state index in [9.17, 15) is 14.4 Å². The molecule has 0 aromatic carbocycles. The first-order valence-corrected chi connectivity index (χ1v) is 8.67. The van der Waals surface area contributed by atoms with Crippen molar-refractivity contribution >= 4 is 17.7 Å². The van der Waals surface area contributed by atoms with Crippen molar-refractivity contribution in [3.8, 4) is 0 Å². The fourth-order valence-electron chi connectivity index (χ4n) is 1.87. The highest BCUT2D eigenvalue weighted by Crippen LogP contribution is 2.00. The third-order valence-corrected chi connectivity index (χ3v) is 3.32. The van der Waals surface area contributed by atoms with Gasteiger partial charge in [0, 0.05) is 24.9 Å². The lowest BCUT2D eigenvalue weighted by Gasteiger charge is -2.16. The van der Waals surface area contributed by atoms with Gasteiger partial charge in [0.2, 0.25) is 5.91 Å². The first kappa shape index (κ1) is 23.5. The van der Waals surface area contributed by atoms with Gasteiger partial charge < -0.3 is 25.2 Å². The van der Waals surface area contributed by atoms with Gasteiger partial charge in [-0.05, 0) is 6.42 Å². The first-order chi connectivity index (χ1) is 11.7. The molecule has 25 heavy (non-hydrogen) atoms. The molecule has 0 saturated carbocycles. The average molecular weight is 360 g/mol. The third-order valence-electron chi connectivity index (χ3n) is 3.32. The van der Waals surface area contributed by atoms with Gasteiger partial charge in [-0.1, -0.05) is 27.7 Å². The summed E-state index contributed by atoms with van der Waals surface area (Å²) >= 11 is 0. The number of amides is 1. The Bertz CT molecular complexity index is 412. The molecule has 0 aromatic rings. The van der Waals surface area contributed by atoms with E-state index in [0.717, 1.165) is 0 Å². The molecule has 1 atom stereocenters. The van der Waals surface area contributed by atoms with Crippen LogP contribution in [0.4, 0.5) is 0 Å². The lowest BCUT2D eigenvalue weighted by atomic mass is 10.1. The third kappa shape index (κ3) is 13.5. The molecule has 0 heterocycles. The molecule has 3 N–H and O–H groups in total. The lowest BCUT2D eigenvalue weighted by molar-refractivity contribution is -0.140. The summed E-state index contributed by atoms with van der Waals surface area (Å²) in [4.78, 5) is 34.1. The van der Waals surface area contributed by atoms with Crippen molar-refractivity contribution < 1.29 is 29.0 Å². The number of carbonyl (C=O) groups is 3. The van der Waals surface area contributed by atoms with E-state index in [2.05, 4.69) is 10.6 Å². The molecule has 0 aliphatic carbocycles. The second kappa shape index (κ2) is 13.7. The Morgan fingerprint density at radius 2 is 1.64 bits per heavy atom. The number of hydrogen-bond acceptors (Lipinski definition) is 6. The molecule has 0 aliphatic rings.